The molecule has 0 aromatic carbocycles. The van der Waals surface area contributed by atoms with Gasteiger partial charge in [0.15, 0.2) is 0 Å². The van der Waals surface area contributed by atoms with Crippen LogP contribution in [0.15, 0.2) is 0 Å². The molecular formula is C12H23NO2. The number of aliphatic carboxylic acids is 1. The number of carbonyl (C=O) groups is 1. The van der Waals surface area contributed by atoms with Crippen molar-refractivity contribution < 1.29 is 9.90 Å². The second-order valence-corrected chi connectivity index (χ2v) is 4.66. The van der Waals surface area contributed by atoms with Gasteiger partial charge in [0.05, 0.1) is 5.92 Å². The SMILES string of the molecule is CCCN1CCCC(C(C)C(=O)O)CC1. The molecule has 0 spiro atoms. The first-order valence-electron chi connectivity index (χ1n) is 6.10. The maximum Gasteiger partial charge on any atom is 0.306 e. The summed E-state index contributed by atoms with van der Waals surface area (Å²) in [7, 11) is 0. The van der Waals surface area contributed by atoms with Gasteiger partial charge in [0.2, 0.25) is 0 Å². The molecule has 0 radical (unpaired) electrons. The van der Waals surface area contributed by atoms with Gasteiger partial charge < -0.3 is 10.0 Å². The van der Waals surface area contributed by atoms with Crippen LogP contribution in [0.5, 0.6) is 0 Å². The van der Waals surface area contributed by atoms with Gasteiger partial charge in [0, 0.05) is 0 Å². The van der Waals surface area contributed by atoms with Crippen molar-refractivity contribution in [2.75, 3.05) is 19.6 Å². The van der Waals surface area contributed by atoms with Gasteiger partial charge in [-0.2, -0.15) is 0 Å². The molecule has 0 aromatic heterocycles. The first kappa shape index (κ1) is 12.5. The van der Waals surface area contributed by atoms with Crippen LogP contribution in [0.25, 0.3) is 0 Å². The predicted octanol–water partition coefficient (Wildman–Crippen LogP) is 2.22. The molecule has 1 aliphatic rings. The standard InChI is InChI=1S/C12H23NO2/c1-3-7-13-8-4-5-11(6-9-13)10(2)12(14)15/h10-11H,3-9H2,1-2H3,(H,14,15). The van der Waals surface area contributed by atoms with E-state index in [0.29, 0.717) is 5.92 Å². The third kappa shape index (κ3) is 3.82. The van der Waals surface area contributed by atoms with Gasteiger partial charge in [-0.1, -0.05) is 13.8 Å². The monoisotopic (exact) mass is 213 g/mol. The van der Waals surface area contributed by atoms with Crippen LogP contribution in [-0.2, 0) is 4.79 Å². The van der Waals surface area contributed by atoms with Gasteiger partial charge in [-0.05, 0) is 51.2 Å². The summed E-state index contributed by atoms with van der Waals surface area (Å²) in [6.07, 6.45) is 4.47. The predicted molar refractivity (Wildman–Crippen MR) is 60.9 cm³/mol. The number of nitrogens with zero attached hydrogens (tertiary/aromatic N) is 1. The van der Waals surface area contributed by atoms with Crippen molar-refractivity contribution in [1.82, 2.24) is 4.90 Å². The zero-order chi connectivity index (χ0) is 11.3. The first-order chi connectivity index (χ1) is 7.15. The average Bonchev–Trinajstić information content (AvgIpc) is 2.43. The van der Waals surface area contributed by atoms with E-state index in [0.717, 1.165) is 38.9 Å². The molecule has 0 aromatic rings. The molecule has 1 fully saturated rings. The maximum absolute atomic E-state index is 10.9. The van der Waals surface area contributed by atoms with Crippen molar-refractivity contribution >= 4 is 5.97 Å². The summed E-state index contributed by atoms with van der Waals surface area (Å²) in [5, 5.41) is 8.98. The Labute approximate surface area is 92.5 Å². The number of hydrogen-bond acceptors (Lipinski definition) is 2. The summed E-state index contributed by atoms with van der Waals surface area (Å²) in [6, 6.07) is 0. The number of likely N-dealkylation sites (tertiary alicyclic amines) is 1. The number of carboxylic acid groups (broad SMARTS) is 1. The lowest BCUT2D eigenvalue weighted by Crippen LogP contribution is -2.26. The van der Waals surface area contributed by atoms with E-state index in [-0.39, 0.29) is 5.92 Å². The zero-order valence-electron chi connectivity index (χ0n) is 9.91. The Balaban J connectivity index is 2.41. The quantitative estimate of drug-likeness (QED) is 0.778. The molecule has 2 atom stereocenters. The molecule has 1 aliphatic heterocycles. The lowest BCUT2D eigenvalue weighted by molar-refractivity contribution is -0.143. The van der Waals surface area contributed by atoms with E-state index in [9.17, 15) is 4.79 Å². The summed E-state index contributed by atoms with van der Waals surface area (Å²) >= 11 is 0. The van der Waals surface area contributed by atoms with Gasteiger partial charge >= 0.3 is 5.97 Å². The highest BCUT2D eigenvalue weighted by molar-refractivity contribution is 5.69. The summed E-state index contributed by atoms with van der Waals surface area (Å²) in [6.45, 7) is 7.44. The Kier molecular flexibility index (Phi) is 5.09. The Morgan fingerprint density at radius 1 is 1.47 bits per heavy atom. The van der Waals surface area contributed by atoms with Crippen molar-refractivity contribution in [3.05, 3.63) is 0 Å². The van der Waals surface area contributed by atoms with Gasteiger partial charge in [-0.25, -0.2) is 0 Å². The molecule has 88 valence electrons. The highest BCUT2D eigenvalue weighted by Crippen LogP contribution is 2.25. The molecule has 15 heavy (non-hydrogen) atoms. The van der Waals surface area contributed by atoms with Crippen molar-refractivity contribution in [2.45, 2.75) is 39.5 Å². The summed E-state index contributed by atoms with van der Waals surface area (Å²) in [5.74, 6) is -0.431. The van der Waals surface area contributed by atoms with Gasteiger partial charge in [0.25, 0.3) is 0 Å². The third-order valence-corrected chi connectivity index (χ3v) is 3.50. The largest absolute Gasteiger partial charge is 0.481 e. The molecule has 3 nitrogen and oxygen atoms in total. The lowest BCUT2D eigenvalue weighted by Gasteiger charge is -2.20. The van der Waals surface area contributed by atoms with Crippen molar-refractivity contribution in [1.29, 1.82) is 0 Å². The molecular weight excluding hydrogens is 190 g/mol. The molecule has 0 aliphatic carbocycles. The molecule has 0 bridgehead atoms. The molecule has 0 amide bonds. The van der Waals surface area contributed by atoms with Crippen LogP contribution in [0.3, 0.4) is 0 Å². The fourth-order valence-electron chi connectivity index (χ4n) is 2.42. The highest BCUT2D eigenvalue weighted by atomic mass is 16.4. The van der Waals surface area contributed by atoms with Gasteiger partial charge in [-0.3, -0.25) is 4.79 Å². The molecule has 3 heteroatoms. The average molecular weight is 213 g/mol. The van der Waals surface area contributed by atoms with Crippen molar-refractivity contribution in [3.63, 3.8) is 0 Å². The number of carboxylic acids is 1. The topological polar surface area (TPSA) is 40.5 Å². The van der Waals surface area contributed by atoms with E-state index in [2.05, 4.69) is 11.8 Å². The van der Waals surface area contributed by atoms with Crippen LogP contribution in [0.4, 0.5) is 0 Å². The number of hydrogen-bond donors (Lipinski definition) is 1. The normalized spacial score (nSPS) is 25.9. The first-order valence-corrected chi connectivity index (χ1v) is 6.10. The molecule has 1 heterocycles. The summed E-state index contributed by atoms with van der Waals surface area (Å²) in [5.41, 5.74) is 0. The van der Waals surface area contributed by atoms with Crippen LogP contribution in [0, 0.1) is 11.8 Å². The van der Waals surface area contributed by atoms with Crippen LogP contribution < -0.4 is 0 Å². The van der Waals surface area contributed by atoms with E-state index in [1.54, 1.807) is 0 Å². The molecule has 2 unspecified atom stereocenters. The van der Waals surface area contributed by atoms with E-state index < -0.39 is 5.97 Å². The Bertz CT molecular complexity index is 206. The molecule has 0 saturated carbocycles. The molecule has 1 rings (SSSR count). The van der Waals surface area contributed by atoms with Crippen molar-refractivity contribution in [3.8, 4) is 0 Å². The minimum absolute atomic E-state index is 0.174. The Morgan fingerprint density at radius 3 is 2.80 bits per heavy atom. The van der Waals surface area contributed by atoms with E-state index >= 15 is 0 Å². The third-order valence-electron chi connectivity index (χ3n) is 3.50. The molecule has 1 N–H and O–H groups in total. The zero-order valence-corrected chi connectivity index (χ0v) is 9.91. The smallest absolute Gasteiger partial charge is 0.306 e. The fourth-order valence-corrected chi connectivity index (χ4v) is 2.42. The maximum atomic E-state index is 10.9. The second-order valence-electron chi connectivity index (χ2n) is 4.66. The van der Waals surface area contributed by atoms with Gasteiger partial charge in [-0.15, -0.1) is 0 Å². The van der Waals surface area contributed by atoms with Crippen molar-refractivity contribution in [2.24, 2.45) is 11.8 Å². The second kappa shape index (κ2) is 6.11. The van der Waals surface area contributed by atoms with E-state index in [1.165, 1.54) is 6.42 Å². The van der Waals surface area contributed by atoms with E-state index in [1.807, 2.05) is 6.92 Å². The summed E-state index contributed by atoms with van der Waals surface area (Å²) in [4.78, 5) is 13.4. The lowest BCUT2D eigenvalue weighted by atomic mass is 9.88. The highest BCUT2D eigenvalue weighted by Gasteiger charge is 2.25. The Hall–Kier alpha value is -0.570. The van der Waals surface area contributed by atoms with E-state index in [4.69, 9.17) is 5.11 Å². The fraction of sp³-hybridized carbons (Fsp3) is 0.917. The van der Waals surface area contributed by atoms with Gasteiger partial charge in [0.1, 0.15) is 0 Å². The Morgan fingerprint density at radius 2 is 2.20 bits per heavy atom. The van der Waals surface area contributed by atoms with Crippen LogP contribution in [-0.4, -0.2) is 35.6 Å². The van der Waals surface area contributed by atoms with Crippen LogP contribution in [0.1, 0.15) is 39.5 Å². The minimum Gasteiger partial charge on any atom is -0.481 e. The summed E-state index contributed by atoms with van der Waals surface area (Å²) < 4.78 is 0. The van der Waals surface area contributed by atoms with Crippen LogP contribution in [0.2, 0.25) is 0 Å². The van der Waals surface area contributed by atoms with Crippen LogP contribution >= 0.6 is 0 Å². The molecule has 1 saturated heterocycles. The number of rotatable bonds is 4. The minimum atomic E-state index is -0.635.